The Morgan fingerprint density at radius 1 is 1.00 bits per heavy atom. The van der Waals surface area contributed by atoms with Gasteiger partial charge in [-0.25, -0.2) is 0 Å². The van der Waals surface area contributed by atoms with Gasteiger partial charge in [0.1, 0.15) is 5.00 Å². The van der Waals surface area contributed by atoms with Gasteiger partial charge >= 0.3 is 0 Å². The fourth-order valence-corrected chi connectivity index (χ4v) is 5.37. The van der Waals surface area contributed by atoms with Crippen molar-refractivity contribution in [1.82, 2.24) is 4.90 Å². The Morgan fingerprint density at radius 3 is 2.43 bits per heavy atom. The normalized spacial score (nSPS) is 14.1. The Balaban J connectivity index is 1.74. The number of nitrogens with zero attached hydrogens (tertiary/aromatic N) is 1. The van der Waals surface area contributed by atoms with E-state index in [1.165, 1.54) is 29.1 Å². The van der Waals surface area contributed by atoms with E-state index in [4.69, 9.17) is 0 Å². The molecule has 2 amide bonds. The van der Waals surface area contributed by atoms with E-state index in [2.05, 4.69) is 5.32 Å². The molecule has 0 atom stereocenters. The molecule has 3 aromatic rings. The van der Waals surface area contributed by atoms with Gasteiger partial charge in [0.15, 0.2) is 0 Å². The van der Waals surface area contributed by atoms with Crippen molar-refractivity contribution in [3.05, 3.63) is 63.8 Å². The standard InChI is InChI=1S/C22H22N2O2S2/c1-15-18(22(26)24-12-6-3-7-13-24)21(23-20(25)17-11-8-14-27-17)28-19(15)16-9-4-2-5-10-16/h2,4-5,8-11,14H,3,6-7,12-13H2,1H3,(H,23,25). The molecule has 2 aromatic heterocycles. The second kappa shape index (κ2) is 8.29. The number of likely N-dealkylation sites (tertiary alicyclic amines) is 1. The molecule has 6 heteroatoms. The molecular weight excluding hydrogens is 388 g/mol. The van der Waals surface area contributed by atoms with Crippen molar-refractivity contribution in [3.63, 3.8) is 0 Å². The maximum Gasteiger partial charge on any atom is 0.266 e. The summed E-state index contributed by atoms with van der Waals surface area (Å²) in [5.41, 5.74) is 2.64. The quantitative estimate of drug-likeness (QED) is 0.603. The fraction of sp³-hybridized carbons (Fsp3) is 0.273. The van der Waals surface area contributed by atoms with Gasteiger partial charge in [-0.3, -0.25) is 9.59 Å². The van der Waals surface area contributed by atoms with Gasteiger partial charge in [-0.15, -0.1) is 22.7 Å². The minimum Gasteiger partial charge on any atom is -0.339 e. The Morgan fingerprint density at radius 2 is 1.75 bits per heavy atom. The summed E-state index contributed by atoms with van der Waals surface area (Å²) >= 11 is 2.88. The number of nitrogens with one attached hydrogen (secondary N) is 1. The van der Waals surface area contributed by atoms with E-state index < -0.39 is 0 Å². The minimum atomic E-state index is -0.163. The summed E-state index contributed by atoms with van der Waals surface area (Å²) in [4.78, 5) is 29.6. The second-order valence-corrected chi connectivity index (χ2v) is 8.88. The molecule has 0 aliphatic carbocycles. The Labute approximate surface area is 172 Å². The highest BCUT2D eigenvalue weighted by molar-refractivity contribution is 7.20. The first-order valence-corrected chi connectivity index (χ1v) is 11.2. The Hall–Kier alpha value is -2.44. The lowest BCUT2D eigenvalue weighted by Crippen LogP contribution is -2.36. The highest BCUT2D eigenvalue weighted by Crippen LogP contribution is 2.41. The zero-order valence-corrected chi connectivity index (χ0v) is 17.4. The molecule has 0 spiro atoms. The molecule has 1 aromatic carbocycles. The largest absolute Gasteiger partial charge is 0.339 e. The molecule has 28 heavy (non-hydrogen) atoms. The molecular formula is C22H22N2O2S2. The van der Waals surface area contributed by atoms with Crippen molar-refractivity contribution in [1.29, 1.82) is 0 Å². The van der Waals surface area contributed by atoms with Gasteiger partial charge in [0.25, 0.3) is 11.8 Å². The van der Waals surface area contributed by atoms with Crippen molar-refractivity contribution in [3.8, 4) is 10.4 Å². The molecule has 1 aliphatic heterocycles. The number of rotatable bonds is 4. The number of carbonyl (C=O) groups excluding carboxylic acids is 2. The fourth-order valence-electron chi connectivity index (χ4n) is 3.55. The van der Waals surface area contributed by atoms with Gasteiger partial charge in [-0.05, 0) is 48.8 Å². The van der Waals surface area contributed by atoms with Crippen molar-refractivity contribution < 1.29 is 9.59 Å². The van der Waals surface area contributed by atoms with Gasteiger partial charge < -0.3 is 10.2 Å². The van der Waals surface area contributed by atoms with Gasteiger partial charge in [0, 0.05) is 18.0 Å². The minimum absolute atomic E-state index is 0.0251. The number of benzene rings is 1. The topological polar surface area (TPSA) is 49.4 Å². The van der Waals surface area contributed by atoms with Gasteiger partial charge in [0.2, 0.25) is 0 Å². The number of hydrogen-bond donors (Lipinski definition) is 1. The summed E-state index contributed by atoms with van der Waals surface area (Å²) in [5.74, 6) is -0.138. The van der Waals surface area contributed by atoms with Gasteiger partial charge in [-0.1, -0.05) is 36.4 Å². The van der Waals surface area contributed by atoms with Gasteiger partial charge in [0.05, 0.1) is 10.4 Å². The first-order chi connectivity index (χ1) is 13.6. The maximum atomic E-state index is 13.3. The van der Waals surface area contributed by atoms with E-state index in [9.17, 15) is 9.59 Å². The second-order valence-electron chi connectivity index (χ2n) is 6.91. The van der Waals surface area contributed by atoms with Crippen molar-refractivity contribution >= 4 is 39.5 Å². The molecule has 0 unspecified atom stereocenters. The van der Waals surface area contributed by atoms with E-state index in [1.807, 2.05) is 53.6 Å². The number of hydrogen-bond acceptors (Lipinski definition) is 4. The Kier molecular flexibility index (Phi) is 5.59. The van der Waals surface area contributed by atoms with E-state index in [1.54, 1.807) is 6.07 Å². The van der Waals surface area contributed by atoms with Crippen molar-refractivity contribution in [2.75, 3.05) is 18.4 Å². The molecule has 144 valence electrons. The van der Waals surface area contributed by atoms with Crippen LogP contribution < -0.4 is 5.32 Å². The van der Waals surface area contributed by atoms with Gasteiger partial charge in [-0.2, -0.15) is 0 Å². The zero-order valence-electron chi connectivity index (χ0n) is 15.7. The third kappa shape index (κ3) is 3.75. The lowest BCUT2D eigenvalue weighted by Gasteiger charge is -2.27. The van der Waals surface area contributed by atoms with Crippen LogP contribution in [0.15, 0.2) is 47.8 Å². The van der Waals surface area contributed by atoms with Crippen LogP contribution in [0.4, 0.5) is 5.00 Å². The van der Waals surface area contributed by atoms with Crippen LogP contribution in [0.5, 0.6) is 0 Å². The molecule has 0 saturated carbocycles. The first-order valence-electron chi connectivity index (χ1n) is 9.48. The van der Waals surface area contributed by atoms with Crippen LogP contribution in [0.25, 0.3) is 10.4 Å². The molecule has 1 N–H and O–H groups in total. The van der Waals surface area contributed by atoms with Crippen molar-refractivity contribution in [2.24, 2.45) is 0 Å². The summed E-state index contributed by atoms with van der Waals surface area (Å²) in [6.45, 7) is 3.55. The van der Waals surface area contributed by atoms with Crippen LogP contribution in [-0.4, -0.2) is 29.8 Å². The van der Waals surface area contributed by atoms with Crippen LogP contribution in [0.3, 0.4) is 0 Å². The number of amides is 2. The van der Waals surface area contributed by atoms with Crippen LogP contribution in [-0.2, 0) is 0 Å². The molecule has 1 fully saturated rings. The predicted molar refractivity (Wildman–Crippen MR) is 117 cm³/mol. The average Bonchev–Trinajstić information content (AvgIpc) is 3.37. The van der Waals surface area contributed by atoms with Crippen LogP contribution in [0, 0.1) is 6.92 Å². The maximum absolute atomic E-state index is 13.3. The smallest absolute Gasteiger partial charge is 0.266 e. The van der Waals surface area contributed by atoms with E-state index in [-0.39, 0.29) is 11.8 Å². The molecule has 4 nitrogen and oxygen atoms in total. The van der Waals surface area contributed by atoms with Crippen LogP contribution >= 0.6 is 22.7 Å². The molecule has 3 heterocycles. The molecule has 1 saturated heterocycles. The lowest BCUT2D eigenvalue weighted by atomic mass is 10.0. The third-order valence-electron chi connectivity index (χ3n) is 5.01. The molecule has 4 rings (SSSR count). The number of piperidine rings is 1. The molecule has 0 radical (unpaired) electrons. The van der Waals surface area contributed by atoms with Crippen LogP contribution in [0.1, 0.15) is 44.9 Å². The summed E-state index contributed by atoms with van der Waals surface area (Å²) < 4.78 is 0. The van der Waals surface area contributed by atoms with E-state index in [0.717, 1.165) is 41.9 Å². The lowest BCUT2D eigenvalue weighted by molar-refractivity contribution is 0.0725. The summed E-state index contributed by atoms with van der Waals surface area (Å²) in [7, 11) is 0. The van der Waals surface area contributed by atoms with Crippen molar-refractivity contribution in [2.45, 2.75) is 26.2 Å². The predicted octanol–water partition coefficient (Wildman–Crippen LogP) is 5.66. The third-order valence-corrected chi connectivity index (χ3v) is 7.14. The highest BCUT2D eigenvalue weighted by atomic mass is 32.1. The molecule has 1 aliphatic rings. The summed E-state index contributed by atoms with van der Waals surface area (Å²) in [6, 6.07) is 13.7. The highest BCUT2D eigenvalue weighted by Gasteiger charge is 2.28. The van der Waals surface area contributed by atoms with E-state index in [0.29, 0.717) is 15.4 Å². The summed E-state index contributed by atoms with van der Waals surface area (Å²) in [5, 5.41) is 5.53. The zero-order chi connectivity index (χ0) is 19.5. The molecule has 0 bridgehead atoms. The average molecular weight is 411 g/mol. The monoisotopic (exact) mass is 410 g/mol. The van der Waals surface area contributed by atoms with Crippen LogP contribution in [0.2, 0.25) is 0 Å². The van der Waals surface area contributed by atoms with E-state index >= 15 is 0 Å². The number of anilines is 1. The Bertz CT molecular complexity index is 972. The number of thiophene rings is 2. The SMILES string of the molecule is Cc1c(-c2ccccc2)sc(NC(=O)c2cccs2)c1C(=O)N1CCCCC1. The number of carbonyl (C=O) groups is 2. The first kappa shape index (κ1) is 18.9. The summed E-state index contributed by atoms with van der Waals surface area (Å²) in [6.07, 6.45) is 3.25.